The van der Waals surface area contributed by atoms with Crippen LogP contribution in [0.5, 0.6) is 0 Å². The van der Waals surface area contributed by atoms with Gasteiger partial charge < -0.3 is 5.32 Å². The first-order chi connectivity index (χ1) is 5.20. The molecule has 0 aromatic heterocycles. The van der Waals surface area contributed by atoms with Gasteiger partial charge in [-0.05, 0) is 0 Å². The van der Waals surface area contributed by atoms with E-state index in [1.807, 2.05) is 0 Å². The van der Waals surface area contributed by atoms with E-state index in [0.717, 1.165) is 0 Å². The van der Waals surface area contributed by atoms with Gasteiger partial charge in [-0.25, -0.2) is 0 Å². The number of rotatable bonds is 5. The summed E-state index contributed by atoms with van der Waals surface area (Å²) < 4.78 is 0. The number of nitrogens with one attached hydrogen (secondary N) is 2. The van der Waals surface area contributed by atoms with Gasteiger partial charge in [0.05, 0.1) is 12.7 Å². The lowest BCUT2D eigenvalue weighted by atomic mass is 10.4. The molecule has 0 saturated carbocycles. The van der Waals surface area contributed by atoms with Crippen LogP contribution >= 0.6 is 12.6 Å². The maximum atomic E-state index is 10.3. The Morgan fingerprint density at radius 3 is 2.73 bits per heavy atom. The molecule has 1 amide bonds. The lowest BCUT2D eigenvalue weighted by Gasteiger charge is -2.08. The third-order valence-corrected chi connectivity index (χ3v) is 1.38. The first kappa shape index (κ1) is 10.4. The summed E-state index contributed by atoms with van der Waals surface area (Å²) in [6.07, 6.45) is 1.74. The number of hydrogen-bond donors (Lipinski definition) is 3. The summed E-state index contributed by atoms with van der Waals surface area (Å²) in [6, 6.07) is -0.412. The molecule has 0 bridgehead atoms. The Labute approximate surface area is 71.1 Å². The zero-order valence-corrected chi connectivity index (χ0v) is 7.15. The van der Waals surface area contributed by atoms with Crippen molar-refractivity contribution in [2.45, 2.75) is 13.0 Å². The molecule has 4 nitrogen and oxygen atoms in total. The summed E-state index contributed by atoms with van der Waals surface area (Å²) in [5.74, 6) is 0.240. The fourth-order valence-corrected chi connectivity index (χ4v) is 0.646. The van der Waals surface area contributed by atoms with Gasteiger partial charge in [-0.2, -0.15) is 12.6 Å². The van der Waals surface area contributed by atoms with E-state index in [1.54, 1.807) is 6.29 Å². The second-order valence-corrected chi connectivity index (χ2v) is 2.33. The van der Waals surface area contributed by atoms with Crippen molar-refractivity contribution in [1.29, 1.82) is 0 Å². The molecule has 0 fully saturated rings. The van der Waals surface area contributed by atoms with Gasteiger partial charge in [0.15, 0.2) is 0 Å². The second-order valence-electron chi connectivity index (χ2n) is 1.97. The summed E-state index contributed by atoms with van der Waals surface area (Å²) in [5, 5.41) is 5.20. The molecule has 11 heavy (non-hydrogen) atoms. The van der Waals surface area contributed by atoms with Crippen molar-refractivity contribution < 1.29 is 9.59 Å². The highest BCUT2D eigenvalue weighted by atomic mass is 32.1. The molecular formula is C6H11N2O2S. The van der Waals surface area contributed by atoms with Gasteiger partial charge >= 0.3 is 0 Å². The van der Waals surface area contributed by atoms with Gasteiger partial charge in [-0.1, -0.05) is 0 Å². The largest absolute Gasteiger partial charge is 0.344 e. The number of carbonyl (C=O) groups is 1. The van der Waals surface area contributed by atoms with Crippen molar-refractivity contribution >= 4 is 24.8 Å². The highest BCUT2D eigenvalue weighted by Crippen LogP contribution is 1.80. The molecule has 0 aromatic carbocycles. The van der Waals surface area contributed by atoms with Crippen molar-refractivity contribution in [3.8, 4) is 0 Å². The summed E-state index contributed by atoms with van der Waals surface area (Å²) >= 11 is 3.88. The van der Waals surface area contributed by atoms with E-state index in [4.69, 9.17) is 0 Å². The Kier molecular flexibility index (Phi) is 5.87. The molecule has 0 rings (SSSR count). The summed E-state index contributed by atoms with van der Waals surface area (Å²) in [5.41, 5.74) is 0. The van der Waals surface area contributed by atoms with Crippen LogP contribution in [0.2, 0.25) is 0 Å². The molecule has 0 saturated heterocycles. The normalized spacial score (nSPS) is 12.2. The summed E-state index contributed by atoms with van der Waals surface area (Å²) in [6.45, 7) is 1.68. The Bertz CT molecular complexity index is 141. The van der Waals surface area contributed by atoms with E-state index in [9.17, 15) is 9.59 Å². The topological polar surface area (TPSA) is 58.2 Å². The molecule has 0 spiro atoms. The summed E-state index contributed by atoms with van der Waals surface area (Å²) in [4.78, 5) is 20.4. The molecule has 0 aliphatic heterocycles. The van der Waals surface area contributed by atoms with Gasteiger partial charge in [0, 0.05) is 12.7 Å². The maximum absolute atomic E-state index is 10.3. The van der Waals surface area contributed by atoms with Gasteiger partial charge in [-0.3, -0.25) is 14.9 Å². The SMILES string of the molecule is CC(=O)NCN[C@H]([C]=O)CS. The van der Waals surface area contributed by atoms with E-state index in [-0.39, 0.29) is 12.6 Å². The third kappa shape index (κ3) is 5.87. The number of amides is 1. The first-order valence-electron chi connectivity index (χ1n) is 3.17. The molecule has 1 atom stereocenters. The molecule has 0 unspecified atom stereocenters. The Morgan fingerprint density at radius 2 is 2.36 bits per heavy atom. The molecule has 1 radical (unpaired) electrons. The van der Waals surface area contributed by atoms with Crippen molar-refractivity contribution in [2.24, 2.45) is 0 Å². The van der Waals surface area contributed by atoms with Crippen LogP contribution in [0.4, 0.5) is 0 Å². The predicted octanol–water partition coefficient (Wildman–Crippen LogP) is -0.922. The smallest absolute Gasteiger partial charge is 0.217 e. The molecule has 0 aliphatic carbocycles. The fourth-order valence-electron chi connectivity index (χ4n) is 0.442. The van der Waals surface area contributed by atoms with Crippen molar-refractivity contribution in [3.05, 3.63) is 0 Å². The van der Waals surface area contributed by atoms with Crippen LogP contribution in [-0.4, -0.2) is 30.7 Å². The maximum Gasteiger partial charge on any atom is 0.217 e. The second kappa shape index (κ2) is 6.18. The van der Waals surface area contributed by atoms with Crippen LogP contribution in [0.25, 0.3) is 0 Å². The minimum Gasteiger partial charge on any atom is -0.344 e. The van der Waals surface area contributed by atoms with Gasteiger partial charge in [0.25, 0.3) is 0 Å². The van der Waals surface area contributed by atoms with E-state index in [2.05, 4.69) is 23.3 Å². The number of carbonyl (C=O) groups excluding carboxylic acids is 2. The predicted molar refractivity (Wildman–Crippen MR) is 45.2 cm³/mol. The first-order valence-corrected chi connectivity index (χ1v) is 3.80. The average molecular weight is 175 g/mol. The quantitative estimate of drug-likeness (QED) is 0.374. The molecule has 0 aromatic rings. The lowest BCUT2D eigenvalue weighted by Crippen LogP contribution is -2.40. The van der Waals surface area contributed by atoms with Crippen LogP contribution in [0.1, 0.15) is 6.92 Å². The van der Waals surface area contributed by atoms with E-state index in [1.165, 1.54) is 6.92 Å². The Morgan fingerprint density at radius 1 is 1.73 bits per heavy atom. The molecule has 63 valence electrons. The van der Waals surface area contributed by atoms with Crippen LogP contribution in [-0.2, 0) is 9.59 Å². The van der Waals surface area contributed by atoms with Gasteiger partial charge in [-0.15, -0.1) is 0 Å². The highest BCUT2D eigenvalue weighted by Gasteiger charge is 2.03. The molecular weight excluding hydrogens is 164 g/mol. The van der Waals surface area contributed by atoms with Crippen molar-refractivity contribution in [3.63, 3.8) is 0 Å². The number of thiol groups is 1. The van der Waals surface area contributed by atoms with Gasteiger partial charge in [0.2, 0.25) is 12.2 Å². The zero-order valence-electron chi connectivity index (χ0n) is 6.26. The van der Waals surface area contributed by atoms with Gasteiger partial charge in [0.1, 0.15) is 0 Å². The van der Waals surface area contributed by atoms with Crippen molar-refractivity contribution in [2.75, 3.05) is 12.4 Å². The zero-order chi connectivity index (χ0) is 8.69. The molecule has 5 heteroatoms. The molecule has 0 aliphatic rings. The summed E-state index contributed by atoms with van der Waals surface area (Å²) in [7, 11) is 0. The number of hydrogen-bond acceptors (Lipinski definition) is 4. The minimum absolute atomic E-state index is 0.138. The monoisotopic (exact) mass is 175 g/mol. The van der Waals surface area contributed by atoms with E-state index in [0.29, 0.717) is 5.75 Å². The Balaban J connectivity index is 3.35. The van der Waals surface area contributed by atoms with Crippen LogP contribution < -0.4 is 10.6 Å². The van der Waals surface area contributed by atoms with Crippen molar-refractivity contribution in [1.82, 2.24) is 10.6 Å². The van der Waals surface area contributed by atoms with Crippen LogP contribution in [0, 0.1) is 0 Å². The Hall–Kier alpha value is -0.550. The minimum atomic E-state index is -0.412. The molecule has 2 N–H and O–H groups in total. The lowest BCUT2D eigenvalue weighted by molar-refractivity contribution is -0.119. The van der Waals surface area contributed by atoms with Crippen LogP contribution in [0.15, 0.2) is 0 Å². The third-order valence-electron chi connectivity index (χ3n) is 1.01. The molecule has 0 heterocycles. The standard InChI is InChI=1S/C6H11N2O2S/c1-5(10)7-4-8-6(2-9)3-11/h6,8,11H,3-4H2,1H3,(H,7,10)/t6-/m1/s1. The average Bonchev–Trinajstić information content (AvgIpc) is 1.98. The van der Waals surface area contributed by atoms with E-state index >= 15 is 0 Å². The van der Waals surface area contributed by atoms with E-state index < -0.39 is 6.04 Å². The highest BCUT2D eigenvalue weighted by molar-refractivity contribution is 7.80. The fraction of sp³-hybridized carbons (Fsp3) is 0.667. The van der Waals surface area contributed by atoms with Crippen LogP contribution in [0.3, 0.4) is 0 Å².